The van der Waals surface area contributed by atoms with Gasteiger partial charge < -0.3 is 13.3 Å². The van der Waals surface area contributed by atoms with E-state index in [1.165, 1.54) is 19.3 Å². The van der Waals surface area contributed by atoms with Gasteiger partial charge in [-0.05, 0) is 70.6 Å². The van der Waals surface area contributed by atoms with Gasteiger partial charge in [0.25, 0.3) is 0 Å². The van der Waals surface area contributed by atoms with Gasteiger partial charge in [-0.1, -0.05) is 20.3 Å². The van der Waals surface area contributed by atoms with Crippen LogP contribution in [0.4, 0.5) is 0 Å². The highest BCUT2D eigenvalue weighted by Crippen LogP contribution is 2.80. The van der Waals surface area contributed by atoms with E-state index in [0.29, 0.717) is 19.8 Å². The average Bonchev–Trinajstić information content (AvgIpc) is 3.13. The van der Waals surface area contributed by atoms with Crippen LogP contribution in [0, 0.1) is 11.3 Å². The molecule has 0 aliphatic heterocycles. The van der Waals surface area contributed by atoms with Crippen LogP contribution in [0.5, 0.6) is 0 Å². The van der Waals surface area contributed by atoms with E-state index in [9.17, 15) is 0 Å². The smallest absolute Gasteiger partial charge is 0.373 e. The Morgan fingerprint density at radius 2 is 1.52 bits per heavy atom. The van der Waals surface area contributed by atoms with Gasteiger partial charge in [0.15, 0.2) is 0 Å². The normalized spacial score (nSPS) is 32.5. The molecule has 0 aromatic heterocycles. The molecule has 148 valence electrons. The topological polar surface area (TPSA) is 27.7 Å². The summed E-state index contributed by atoms with van der Waals surface area (Å²) >= 11 is 10.4. The van der Waals surface area contributed by atoms with E-state index < -0.39 is 12.9 Å². The molecule has 0 amide bonds. The zero-order chi connectivity index (χ0) is 18.8. The first-order chi connectivity index (χ1) is 11.8. The molecule has 2 aliphatic carbocycles. The van der Waals surface area contributed by atoms with Gasteiger partial charge >= 0.3 is 8.80 Å². The standard InChI is InChI=1S/C19H38O3S2Si/c1-6-12-19(23,24)18(15-16-11-13-17(18,7-2)14-16)25(20-8-3,21-9-4)22-10-5/h16,23-24H,6-15H2,1-5H3. The first-order valence-corrected chi connectivity index (χ1v) is 12.8. The Morgan fingerprint density at radius 1 is 0.960 bits per heavy atom. The lowest BCUT2D eigenvalue weighted by atomic mass is 9.69. The summed E-state index contributed by atoms with van der Waals surface area (Å²) in [7, 11) is -2.99. The summed E-state index contributed by atoms with van der Waals surface area (Å²) < 4.78 is 19.1. The van der Waals surface area contributed by atoms with Crippen LogP contribution in [-0.2, 0) is 13.3 Å². The molecule has 3 unspecified atom stereocenters. The predicted molar refractivity (Wildman–Crippen MR) is 114 cm³/mol. The maximum Gasteiger partial charge on any atom is 0.510 e. The number of hydrogen-bond acceptors (Lipinski definition) is 5. The van der Waals surface area contributed by atoms with Crippen molar-refractivity contribution in [2.75, 3.05) is 19.8 Å². The van der Waals surface area contributed by atoms with Crippen LogP contribution in [0.15, 0.2) is 0 Å². The van der Waals surface area contributed by atoms with E-state index in [1.807, 2.05) is 0 Å². The molecule has 2 fully saturated rings. The van der Waals surface area contributed by atoms with E-state index in [2.05, 4.69) is 34.6 Å². The molecule has 0 aromatic carbocycles. The van der Waals surface area contributed by atoms with E-state index in [4.69, 9.17) is 38.5 Å². The summed E-state index contributed by atoms with van der Waals surface area (Å²) in [5.41, 5.74) is 0.169. The lowest BCUT2D eigenvalue weighted by Crippen LogP contribution is -2.67. The Labute approximate surface area is 167 Å². The fourth-order valence-electron chi connectivity index (χ4n) is 5.98. The molecular formula is C19H38O3S2Si. The summed E-state index contributed by atoms with van der Waals surface area (Å²) in [5.74, 6) is 0.726. The summed E-state index contributed by atoms with van der Waals surface area (Å²) in [5, 5.41) is -0.227. The Morgan fingerprint density at radius 3 is 1.92 bits per heavy atom. The van der Waals surface area contributed by atoms with E-state index in [0.717, 1.165) is 31.6 Å². The SMILES string of the molecule is CCCC(S)(S)C1([Si](OCC)(OCC)OCC)CC2CCC1(CC)C2. The van der Waals surface area contributed by atoms with Gasteiger partial charge in [0, 0.05) is 19.8 Å². The highest BCUT2D eigenvalue weighted by Gasteiger charge is 2.79. The van der Waals surface area contributed by atoms with Crippen molar-refractivity contribution in [1.82, 2.24) is 0 Å². The first-order valence-electron chi connectivity index (χ1n) is 10.2. The van der Waals surface area contributed by atoms with Crippen LogP contribution >= 0.6 is 25.3 Å². The van der Waals surface area contributed by atoms with E-state index >= 15 is 0 Å². The molecular weight excluding hydrogens is 368 g/mol. The molecule has 6 heteroatoms. The maximum absolute atomic E-state index is 6.51. The molecule has 2 rings (SSSR count). The average molecular weight is 407 g/mol. The molecule has 3 atom stereocenters. The van der Waals surface area contributed by atoms with Crippen molar-refractivity contribution < 1.29 is 13.3 Å². The second-order valence-electron chi connectivity index (χ2n) is 7.77. The molecule has 0 radical (unpaired) electrons. The van der Waals surface area contributed by atoms with Crippen LogP contribution in [0.1, 0.15) is 79.6 Å². The minimum Gasteiger partial charge on any atom is -0.373 e. The summed E-state index contributed by atoms with van der Waals surface area (Å²) in [6, 6.07) is 0. The highest BCUT2D eigenvalue weighted by molar-refractivity contribution is 8.00. The Bertz CT molecular complexity index is 431. The summed E-state index contributed by atoms with van der Waals surface area (Å²) in [4.78, 5) is 0. The van der Waals surface area contributed by atoms with E-state index in [-0.39, 0.29) is 10.5 Å². The Hall–Kier alpha value is 0.797. The molecule has 0 saturated heterocycles. The quantitative estimate of drug-likeness (QED) is 0.261. The van der Waals surface area contributed by atoms with Crippen molar-refractivity contribution in [3.63, 3.8) is 0 Å². The molecule has 25 heavy (non-hydrogen) atoms. The first kappa shape index (κ1) is 22.1. The third-order valence-corrected chi connectivity index (χ3v) is 12.5. The van der Waals surface area contributed by atoms with Gasteiger partial charge in [-0.3, -0.25) is 0 Å². The third-order valence-electron chi connectivity index (χ3n) is 6.70. The minimum atomic E-state index is -2.99. The van der Waals surface area contributed by atoms with Crippen molar-refractivity contribution in [3.8, 4) is 0 Å². The van der Waals surface area contributed by atoms with Gasteiger partial charge in [-0.2, -0.15) is 25.3 Å². The van der Waals surface area contributed by atoms with Crippen molar-refractivity contribution in [3.05, 3.63) is 0 Å². The van der Waals surface area contributed by atoms with Crippen LogP contribution in [0.2, 0.25) is 5.04 Å². The van der Waals surface area contributed by atoms with Crippen molar-refractivity contribution in [2.24, 2.45) is 11.3 Å². The van der Waals surface area contributed by atoms with Gasteiger partial charge in [0.1, 0.15) is 0 Å². The lowest BCUT2D eigenvalue weighted by Gasteiger charge is -2.59. The number of rotatable bonds is 11. The molecule has 0 heterocycles. The van der Waals surface area contributed by atoms with Crippen LogP contribution in [0.25, 0.3) is 0 Å². The van der Waals surface area contributed by atoms with Gasteiger partial charge in [-0.15, -0.1) is 0 Å². The van der Waals surface area contributed by atoms with Crippen LogP contribution in [0.3, 0.4) is 0 Å². The zero-order valence-electron chi connectivity index (χ0n) is 16.8. The van der Waals surface area contributed by atoms with Crippen LogP contribution < -0.4 is 0 Å². The maximum atomic E-state index is 6.51. The van der Waals surface area contributed by atoms with E-state index in [1.54, 1.807) is 0 Å². The van der Waals surface area contributed by atoms with Crippen molar-refractivity contribution >= 4 is 34.1 Å². The highest BCUT2D eigenvalue weighted by atomic mass is 32.2. The number of thiol groups is 2. The predicted octanol–water partition coefficient (Wildman–Crippen LogP) is 5.73. The fraction of sp³-hybridized carbons (Fsp3) is 1.00. The lowest BCUT2D eigenvalue weighted by molar-refractivity contribution is 0.00149. The second-order valence-corrected chi connectivity index (χ2v) is 12.5. The second kappa shape index (κ2) is 8.44. The van der Waals surface area contributed by atoms with Gasteiger partial charge in [-0.25, -0.2) is 0 Å². The monoisotopic (exact) mass is 406 g/mol. The molecule has 3 nitrogen and oxygen atoms in total. The zero-order valence-corrected chi connectivity index (χ0v) is 19.6. The van der Waals surface area contributed by atoms with Gasteiger partial charge in [0.05, 0.1) is 9.12 Å². The molecule has 0 aromatic rings. The molecule has 2 saturated carbocycles. The Balaban J connectivity index is 2.69. The molecule has 2 aliphatic rings. The Kier molecular flexibility index (Phi) is 7.45. The summed E-state index contributed by atoms with van der Waals surface area (Å²) in [6.45, 7) is 12.5. The summed E-state index contributed by atoms with van der Waals surface area (Å²) in [6.07, 6.45) is 7.98. The molecule has 0 N–H and O–H groups in total. The number of fused-ring (bicyclic) bond motifs is 2. The third kappa shape index (κ3) is 3.27. The van der Waals surface area contributed by atoms with Crippen molar-refractivity contribution in [2.45, 2.75) is 88.7 Å². The van der Waals surface area contributed by atoms with Gasteiger partial charge in [0.2, 0.25) is 0 Å². The number of hydrogen-bond donors (Lipinski definition) is 2. The van der Waals surface area contributed by atoms with Crippen LogP contribution in [-0.4, -0.2) is 32.7 Å². The molecule has 0 spiro atoms. The fourth-order valence-corrected chi connectivity index (χ4v) is 12.2. The molecule has 2 bridgehead atoms. The largest absolute Gasteiger partial charge is 0.510 e. The van der Waals surface area contributed by atoms with Crippen molar-refractivity contribution in [1.29, 1.82) is 0 Å². The minimum absolute atomic E-state index is 0.169.